The Hall–Kier alpha value is -1.44. The molecule has 1 rings (SSSR count). The lowest BCUT2D eigenvalue weighted by Crippen LogP contribution is -2.26. The van der Waals surface area contributed by atoms with Crippen LogP contribution in [0.4, 0.5) is 5.69 Å². The van der Waals surface area contributed by atoms with Crippen LogP contribution in [0.5, 0.6) is 0 Å². The summed E-state index contributed by atoms with van der Waals surface area (Å²) < 4.78 is 5.51. The molecule has 1 unspecified atom stereocenters. The van der Waals surface area contributed by atoms with Crippen LogP contribution in [-0.2, 0) is 4.74 Å². The molecule has 0 amide bonds. The van der Waals surface area contributed by atoms with Gasteiger partial charge in [-0.15, -0.1) is 0 Å². The van der Waals surface area contributed by atoms with Gasteiger partial charge >= 0.3 is 0 Å². The molecule has 0 bridgehead atoms. The van der Waals surface area contributed by atoms with Crippen LogP contribution in [-0.4, -0.2) is 19.2 Å². The second-order valence-electron chi connectivity index (χ2n) is 4.12. The number of allylic oxidation sites excluding steroid dienone is 1. The summed E-state index contributed by atoms with van der Waals surface area (Å²) in [6.07, 6.45) is 4.99. The maximum atomic E-state index is 5.51. The lowest BCUT2D eigenvalue weighted by atomic mass is 10.2. The summed E-state index contributed by atoms with van der Waals surface area (Å²) in [5, 5.41) is 0. The first kappa shape index (κ1) is 13.6. The van der Waals surface area contributed by atoms with Crippen molar-refractivity contribution in [3.63, 3.8) is 0 Å². The van der Waals surface area contributed by atoms with Crippen molar-refractivity contribution in [2.45, 2.75) is 33.3 Å². The van der Waals surface area contributed by atoms with E-state index in [0.29, 0.717) is 0 Å². The highest BCUT2D eigenvalue weighted by molar-refractivity contribution is 5.45. The van der Waals surface area contributed by atoms with E-state index >= 15 is 0 Å². The summed E-state index contributed by atoms with van der Waals surface area (Å²) in [6, 6.07) is 10.5. The molecule has 0 fully saturated rings. The Bertz CT molecular complexity index is 321. The molecule has 0 heterocycles. The SMILES string of the molecule is C/C=C/OC(C)CCN(CC)c1ccccc1. The van der Waals surface area contributed by atoms with Gasteiger partial charge in [0.15, 0.2) is 0 Å². The molecule has 1 atom stereocenters. The number of ether oxygens (including phenoxy) is 1. The van der Waals surface area contributed by atoms with Gasteiger partial charge in [-0.25, -0.2) is 0 Å². The second kappa shape index (κ2) is 7.77. The molecule has 0 radical (unpaired) electrons. The van der Waals surface area contributed by atoms with Crippen molar-refractivity contribution in [2.75, 3.05) is 18.0 Å². The van der Waals surface area contributed by atoms with Gasteiger partial charge in [0, 0.05) is 25.2 Å². The van der Waals surface area contributed by atoms with Crippen molar-refractivity contribution < 1.29 is 4.74 Å². The Balaban J connectivity index is 2.43. The molecule has 0 aliphatic rings. The van der Waals surface area contributed by atoms with Gasteiger partial charge < -0.3 is 9.64 Å². The lowest BCUT2D eigenvalue weighted by Gasteiger charge is -2.24. The van der Waals surface area contributed by atoms with Gasteiger partial charge in [0.1, 0.15) is 0 Å². The Morgan fingerprint density at radius 3 is 2.59 bits per heavy atom. The fourth-order valence-electron chi connectivity index (χ4n) is 1.73. The van der Waals surface area contributed by atoms with Gasteiger partial charge in [-0.1, -0.05) is 24.3 Å². The molecular formula is C15H23NO. The fourth-order valence-corrected chi connectivity index (χ4v) is 1.73. The Morgan fingerprint density at radius 2 is 2.00 bits per heavy atom. The molecular weight excluding hydrogens is 210 g/mol. The van der Waals surface area contributed by atoms with Crippen molar-refractivity contribution >= 4 is 5.69 Å². The minimum absolute atomic E-state index is 0.268. The van der Waals surface area contributed by atoms with Crippen molar-refractivity contribution in [3.05, 3.63) is 42.7 Å². The van der Waals surface area contributed by atoms with E-state index in [1.807, 2.05) is 13.0 Å². The van der Waals surface area contributed by atoms with E-state index in [4.69, 9.17) is 4.74 Å². The highest BCUT2D eigenvalue weighted by Gasteiger charge is 2.06. The molecule has 2 nitrogen and oxygen atoms in total. The van der Waals surface area contributed by atoms with E-state index < -0.39 is 0 Å². The predicted octanol–water partition coefficient (Wildman–Crippen LogP) is 3.84. The van der Waals surface area contributed by atoms with Crippen LogP contribution in [0.3, 0.4) is 0 Å². The second-order valence-corrected chi connectivity index (χ2v) is 4.12. The zero-order chi connectivity index (χ0) is 12.5. The van der Waals surface area contributed by atoms with Crippen LogP contribution in [0, 0.1) is 0 Å². The van der Waals surface area contributed by atoms with Crippen LogP contribution < -0.4 is 4.90 Å². The molecule has 0 aliphatic carbocycles. The summed E-state index contributed by atoms with van der Waals surface area (Å²) in [5.41, 5.74) is 1.29. The number of anilines is 1. The zero-order valence-electron chi connectivity index (χ0n) is 11.1. The largest absolute Gasteiger partial charge is 0.499 e. The predicted molar refractivity (Wildman–Crippen MR) is 74.3 cm³/mol. The van der Waals surface area contributed by atoms with E-state index in [2.05, 4.69) is 49.1 Å². The topological polar surface area (TPSA) is 12.5 Å². The molecule has 94 valence electrons. The molecule has 17 heavy (non-hydrogen) atoms. The first-order valence-electron chi connectivity index (χ1n) is 6.34. The number of hydrogen-bond donors (Lipinski definition) is 0. The van der Waals surface area contributed by atoms with Crippen molar-refractivity contribution in [3.8, 4) is 0 Å². The van der Waals surface area contributed by atoms with Gasteiger partial charge in [-0.2, -0.15) is 0 Å². The third-order valence-electron chi connectivity index (χ3n) is 2.76. The summed E-state index contributed by atoms with van der Waals surface area (Å²) >= 11 is 0. The maximum Gasteiger partial charge on any atom is 0.0967 e. The number of nitrogens with zero attached hydrogens (tertiary/aromatic N) is 1. The van der Waals surface area contributed by atoms with Gasteiger partial charge in [0.25, 0.3) is 0 Å². The number of rotatable bonds is 7. The van der Waals surface area contributed by atoms with Crippen molar-refractivity contribution in [1.29, 1.82) is 0 Å². The Kier molecular flexibility index (Phi) is 6.23. The van der Waals surface area contributed by atoms with Gasteiger partial charge in [-0.05, 0) is 32.9 Å². The molecule has 0 aliphatic heterocycles. The molecule has 1 aromatic rings. The van der Waals surface area contributed by atoms with Crippen LogP contribution in [0.15, 0.2) is 42.7 Å². The monoisotopic (exact) mass is 233 g/mol. The fraction of sp³-hybridized carbons (Fsp3) is 0.467. The van der Waals surface area contributed by atoms with Crippen LogP contribution in [0.1, 0.15) is 27.2 Å². The summed E-state index contributed by atoms with van der Waals surface area (Å²) in [7, 11) is 0. The highest BCUT2D eigenvalue weighted by Crippen LogP contribution is 2.14. The quantitative estimate of drug-likeness (QED) is 0.663. The summed E-state index contributed by atoms with van der Waals surface area (Å²) in [5.74, 6) is 0. The minimum atomic E-state index is 0.268. The normalized spacial score (nSPS) is 12.6. The standard InChI is InChI=1S/C15H23NO/c1-4-13-17-14(3)11-12-16(5-2)15-9-7-6-8-10-15/h4,6-10,13-14H,5,11-12H2,1-3H3/b13-4+. The van der Waals surface area contributed by atoms with Crippen LogP contribution >= 0.6 is 0 Å². The molecule has 0 saturated carbocycles. The van der Waals surface area contributed by atoms with E-state index in [1.165, 1.54) is 5.69 Å². The smallest absolute Gasteiger partial charge is 0.0967 e. The molecule has 0 spiro atoms. The minimum Gasteiger partial charge on any atom is -0.499 e. The van der Waals surface area contributed by atoms with Crippen LogP contribution in [0.25, 0.3) is 0 Å². The van der Waals surface area contributed by atoms with Crippen molar-refractivity contribution in [1.82, 2.24) is 0 Å². The number of benzene rings is 1. The van der Waals surface area contributed by atoms with Gasteiger partial charge in [0.2, 0.25) is 0 Å². The Labute approximate surface area is 105 Å². The molecule has 0 N–H and O–H groups in total. The average molecular weight is 233 g/mol. The van der Waals surface area contributed by atoms with E-state index in [-0.39, 0.29) is 6.10 Å². The summed E-state index contributed by atoms with van der Waals surface area (Å²) in [6.45, 7) is 8.32. The first-order chi connectivity index (χ1) is 8.27. The number of hydrogen-bond acceptors (Lipinski definition) is 2. The van der Waals surface area contributed by atoms with Gasteiger partial charge in [0.05, 0.1) is 12.4 Å². The summed E-state index contributed by atoms with van der Waals surface area (Å²) in [4.78, 5) is 2.37. The van der Waals surface area contributed by atoms with E-state index in [1.54, 1.807) is 6.26 Å². The molecule has 0 aromatic heterocycles. The molecule has 1 aromatic carbocycles. The highest BCUT2D eigenvalue weighted by atomic mass is 16.5. The third kappa shape index (κ3) is 4.94. The Morgan fingerprint density at radius 1 is 1.29 bits per heavy atom. The third-order valence-corrected chi connectivity index (χ3v) is 2.76. The molecule has 2 heteroatoms. The first-order valence-corrected chi connectivity index (χ1v) is 6.34. The van der Waals surface area contributed by atoms with E-state index in [0.717, 1.165) is 19.5 Å². The number of para-hydroxylation sites is 1. The van der Waals surface area contributed by atoms with Crippen molar-refractivity contribution in [2.24, 2.45) is 0 Å². The van der Waals surface area contributed by atoms with Crippen LogP contribution in [0.2, 0.25) is 0 Å². The average Bonchev–Trinajstić information content (AvgIpc) is 2.38. The zero-order valence-corrected chi connectivity index (χ0v) is 11.1. The lowest BCUT2D eigenvalue weighted by molar-refractivity contribution is 0.154. The molecule has 0 saturated heterocycles. The van der Waals surface area contributed by atoms with Gasteiger partial charge in [-0.3, -0.25) is 0 Å². The van der Waals surface area contributed by atoms with E-state index in [9.17, 15) is 0 Å². The maximum absolute atomic E-state index is 5.51.